The summed E-state index contributed by atoms with van der Waals surface area (Å²) in [6.45, 7) is 2.96. The smallest absolute Gasteiger partial charge is 0.0968 e. The van der Waals surface area contributed by atoms with Gasteiger partial charge in [-0.25, -0.2) is 0 Å². The average Bonchev–Trinajstić information content (AvgIpc) is 2.68. The Bertz CT molecular complexity index is 184. The molecule has 4 heteroatoms. The van der Waals surface area contributed by atoms with Gasteiger partial charge in [0, 0.05) is 6.04 Å². The van der Waals surface area contributed by atoms with Crippen molar-refractivity contribution in [3.63, 3.8) is 0 Å². The van der Waals surface area contributed by atoms with Crippen LogP contribution in [0.1, 0.15) is 25.7 Å². The number of nitrogens with one attached hydrogen (secondary N) is 2. The summed E-state index contributed by atoms with van der Waals surface area (Å²) in [5, 5.41) is 6.70. The van der Waals surface area contributed by atoms with E-state index >= 15 is 0 Å². The van der Waals surface area contributed by atoms with E-state index in [9.17, 15) is 0 Å². The highest BCUT2D eigenvalue weighted by Gasteiger charge is 2.37. The molecule has 2 N–H and O–H groups in total. The van der Waals surface area contributed by atoms with Crippen molar-refractivity contribution in [1.29, 1.82) is 0 Å². The summed E-state index contributed by atoms with van der Waals surface area (Å²) in [7, 11) is 1.97. The zero-order valence-electron chi connectivity index (χ0n) is 9.55. The fraction of sp³-hybridized carbons (Fsp3) is 1.00. The van der Waals surface area contributed by atoms with Crippen LogP contribution in [0.3, 0.4) is 0 Å². The molecule has 0 atom stereocenters. The van der Waals surface area contributed by atoms with Crippen molar-refractivity contribution >= 4 is 0 Å². The van der Waals surface area contributed by atoms with Gasteiger partial charge in [0.05, 0.1) is 32.1 Å². The fourth-order valence-electron chi connectivity index (χ4n) is 2.20. The minimum Gasteiger partial charge on any atom is -0.377 e. The second-order valence-electron chi connectivity index (χ2n) is 4.70. The molecule has 4 nitrogen and oxygen atoms in total. The molecule has 2 rings (SSSR count). The number of ether oxygens (including phenoxy) is 2. The van der Waals surface area contributed by atoms with Crippen LogP contribution in [0.5, 0.6) is 0 Å². The van der Waals surface area contributed by atoms with Gasteiger partial charge in [-0.05, 0) is 19.9 Å². The molecule has 1 saturated carbocycles. The second kappa shape index (κ2) is 5.25. The van der Waals surface area contributed by atoms with E-state index in [0.717, 1.165) is 19.8 Å². The van der Waals surface area contributed by atoms with E-state index < -0.39 is 0 Å². The molecule has 0 unspecified atom stereocenters. The van der Waals surface area contributed by atoms with E-state index in [2.05, 4.69) is 10.6 Å². The minimum absolute atomic E-state index is 0.0807. The Morgan fingerprint density at radius 3 is 2.60 bits per heavy atom. The second-order valence-corrected chi connectivity index (χ2v) is 4.70. The van der Waals surface area contributed by atoms with E-state index in [1.807, 2.05) is 7.05 Å². The van der Waals surface area contributed by atoms with Crippen molar-refractivity contribution in [2.45, 2.75) is 37.3 Å². The third-order valence-electron chi connectivity index (χ3n) is 3.49. The molecule has 0 amide bonds. The maximum absolute atomic E-state index is 5.64. The van der Waals surface area contributed by atoms with Crippen molar-refractivity contribution in [1.82, 2.24) is 10.6 Å². The Kier molecular flexibility index (Phi) is 3.97. The van der Waals surface area contributed by atoms with Gasteiger partial charge in [0.2, 0.25) is 0 Å². The highest BCUT2D eigenvalue weighted by Crippen LogP contribution is 2.18. The van der Waals surface area contributed by atoms with Crippen LogP contribution in [0, 0.1) is 0 Å². The summed E-state index contributed by atoms with van der Waals surface area (Å²) < 4.78 is 10.8. The molecule has 0 radical (unpaired) electrons. The summed E-state index contributed by atoms with van der Waals surface area (Å²) in [6, 6.07) is 0.688. The van der Waals surface area contributed by atoms with Crippen LogP contribution < -0.4 is 10.6 Å². The molecule has 0 bridgehead atoms. The Balaban J connectivity index is 1.54. The molecule has 1 aliphatic heterocycles. The maximum Gasteiger partial charge on any atom is 0.0968 e. The van der Waals surface area contributed by atoms with Crippen molar-refractivity contribution in [3.05, 3.63) is 0 Å². The van der Waals surface area contributed by atoms with Crippen LogP contribution >= 0.6 is 0 Å². The van der Waals surface area contributed by atoms with Gasteiger partial charge in [-0.2, -0.15) is 0 Å². The number of rotatable bonds is 6. The van der Waals surface area contributed by atoms with Gasteiger partial charge in [-0.15, -0.1) is 0 Å². The Morgan fingerprint density at radius 2 is 2.07 bits per heavy atom. The van der Waals surface area contributed by atoms with Gasteiger partial charge in [-0.3, -0.25) is 5.32 Å². The molecule has 1 saturated heterocycles. The Hall–Kier alpha value is -0.160. The van der Waals surface area contributed by atoms with Gasteiger partial charge in [0.15, 0.2) is 0 Å². The van der Waals surface area contributed by atoms with Crippen molar-refractivity contribution < 1.29 is 9.47 Å². The summed E-state index contributed by atoms with van der Waals surface area (Å²) in [5.41, 5.74) is 0.0807. The molecule has 0 aromatic carbocycles. The first kappa shape index (κ1) is 11.3. The molecule has 1 heterocycles. The van der Waals surface area contributed by atoms with Crippen molar-refractivity contribution in [2.24, 2.45) is 0 Å². The lowest BCUT2D eigenvalue weighted by molar-refractivity contribution is -0.110. The van der Waals surface area contributed by atoms with E-state index in [-0.39, 0.29) is 5.54 Å². The lowest BCUT2D eigenvalue weighted by Crippen LogP contribution is -2.62. The molecule has 0 aromatic rings. The van der Waals surface area contributed by atoms with Gasteiger partial charge >= 0.3 is 0 Å². The normalized spacial score (nSPS) is 25.4. The molecule has 2 fully saturated rings. The van der Waals surface area contributed by atoms with Crippen LogP contribution in [0.4, 0.5) is 0 Å². The van der Waals surface area contributed by atoms with Gasteiger partial charge in [-0.1, -0.05) is 12.8 Å². The third-order valence-corrected chi connectivity index (χ3v) is 3.49. The van der Waals surface area contributed by atoms with E-state index in [4.69, 9.17) is 9.47 Å². The monoisotopic (exact) mass is 214 g/mol. The van der Waals surface area contributed by atoms with E-state index in [1.165, 1.54) is 25.7 Å². The highest BCUT2D eigenvalue weighted by atomic mass is 16.5. The predicted octanol–water partition coefficient (Wildman–Crippen LogP) is 0.481. The highest BCUT2D eigenvalue weighted by molar-refractivity contribution is 4.93. The van der Waals surface area contributed by atoms with Crippen molar-refractivity contribution in [3.8, 4) is 0 Å². The topological polar surface area (TPSA) is 42.5 Å². The molecule has 88 valence electrons. The van der Waals surface area contributed by atoms with Crippen LogP contribution in [0.2, 0.25) is 0 Å². The largest absolute Gasteiger partial charge is 0.377 e. The van der Waals surface area contributed by atoms with Crippen LogP contribution in [0.25, 0.3) is 0 Å². The predicted molar refractivity (Wildman–Crippen MR) is 58.8 cm³/mol. The Morgan fingerprint density at radius 1 is 1.33 bits per heavy atom. The molecule has 0 spiro atoms. The van der Waals surface area contributed by atoms with Crippen LogP contribution in [-0.4, -0.2) is 45.2 Å². The maximum atomic E-state index is 5.64. The average molecular weight is 214 g/mol. The van der Waals surface area contributed by atoms with Gasteiger partial charge < -0.3 is 14.8 Å². The molecule has 15 heavy (non-hydrogen) atoms. The van der Waals surface area contributed by atoms with Crippen molar-refractivity contribution in [2.75, 3.05) is 33.6 Å². The zero-order valence-corrected chi connectivity index (χ0v) is 9.55. The first-order valence-electron chi connectivity index (χ1n) is 5.92. The lowest BCUT2D eigenvalue weighted by Gasteiger charge is -2.40. The summed E-state index contributed by atoms with van der Waals surface area (Å²) in [4.78, 5) is 0. The molecule has 0 aromatic heterocycles. The SMILES string of the molecule is CNC1(COCNC2CCCC2)COC1. The number of likely N-dealkylation sites (N-methyl/N-ethyl adjacent to an activating group) is 1. The van der Waals surface area contributed by atoms with E-state index in [0.29, 0.717) is 12.8 Å². The van der Waals surface area contributed by atoms with Crippen LogP contribution in [-0.2, 0) is 9.47 Å². The van der Waals surface area contributed by atoms with Gasteiger partial charge in [0.25, 0.3) is 0 Å². The molecular formula is C11H22N2O2. The van der Waals surface area contributed by atoms with Crippen LogP contribution in [0.15, 0.2) is 0 Å². The van der Waals surface area contributed by atoms with E-state index in [1.54, 1.807) is 0 Å². The summed E-state index contributed by atoms with van der Waals surface area (Å²) in [5.74, 6) is 0. The molecule has 1 aliphatic carbocycles. The summed E-state index contributed by atoms with van der Waals surface area (Å²) >= 11 is 0. The first-order chi connectivity index (χ1) is 7.35. The number of hydrogen-bond acceptors (Lipinski definition) is 4. The summed E-state index contributed by atoms with van der Waals surface area (Å²) in [6.07, 6.45) is 5.35. The fourth-order valence-corrected chi connectivity index (χ4v) is 2.20. The standard InChI is InChI=1S/C11H22N2O2/c1-12-11(6-14-7-11)8-15-9-13-10-4-2-3-5-10/h10,12-13H,2-9H2,1H3. The third kappa shape index (κ3) is 2.91. The quantitative estimate of drug-likeness (QED) is 0.498. The lowest BCUT2D eigenvalue weighted by atomic mass is 9.99. The first-order valence-corrected chi connectivity index (χ1v) is 5.92. The minimum atomic E-state index is 0.0807. The van der Waals surface area contributed by atoms with Gasteiger partial charge in [0.1, 0.15) is 0 Å². The zero-order chi connectivity index (χ0) is 10.6. The molecular weight excluding hydrogens is 192 g/mol. The Labute approximate surface area is 91.7 Å². The number of hydrogen-bond donors (Lipinski definition) is 2. The molecule has 2 aliphatic rings.